The Bertz CT molecular complexity index is 1760. The molecule has 0 saturated carbocycles. The van der Waals surface area contributed by atoms with Crippen molar-refractivity contribution in [2.24, 2.45) is 14.1 Å². The van der Waals surface area contributed by atoms with Gasteiger partial charge in [-0.15, -0.1) is 0 Å². The van der Waals surface area contributed by atoms with Gasteiger partial charge in [-0.25, -0.2) is 9.18 Å². The van der Waals surface area contributed by atoms with Crippen LogP contribution in [-0.4, -0.2) is 20.8 Å². The SMILES string of the molecule is COc1ccc(-c2c3c(=O)n(C)c(=O)n(C)c3c3n2-c2ccccc2N[C@H]3c2ccc(F)cc2)cc1. The van der Waals surface area contributed by atoms with E-state index in [4.69, 9.17) is 4.74 Å². The quantitative estimate of drug-likeness (QED) is 0.415. The molecule has 2 aromatic heterocycles. The number of nitrogens with zero attached hydrogens (tertiary/aromatic N) is 3. The summed E-state index contributed by atoms with van der Waals surface area (Å²) in [5.41, 5.74) is 4.47. The first-order valence-electron chi connectivity index (χ1n) is 11.5. The molecule has 3 aromatic carbocycles. The molecule has 180 valence electrons. The third-order valence-electron chi connectivity index (χ3n) is 6.89. The molecular weight excluding hydrogens is 459 g/mol. The van der Waals surface area contributed by atoms with Crippen molar-refractivity contribution in [3.05, 3.63) is 111 Å². The van der Waals surface area contributed by atoms with Gasteiger partial charge in [-0.2, -0.15) is 0 Å². The van der Waals surface area contributed by atoms with Crippen LogP contribution in [0.15, 0.2) is 82.4 Å². The van der Waals surface area contributed by atoms with Crippen LogP contribution in [-0.2, 0) is 14.1 Å². The Balaban J connectivity index is 1.83. The Morgan fingerprint density at radius 2 is 1.58 bits per heavy atom. The number of aryl methyl sites for hydroxylation is 1. The lowest BCUT2D eigenvalue weighted by Gasteiger charge is -2.31. The van der Waals surface area contributed by atoms with Crippen molar-refractivity contribution in [3.8, 4) is 22.7 Å². The second kappa shape index (κ2) is 7.98. The van der Waals surface area contributed by atoms with Gasteiger partial charge in [0.2, 0.25) is 0 Å². The fourth-order valence-electron chi connectivity index (χ4n) is 5.15. The van der Waals surface area contributed by atoms with E-state index in [1.54, 1.807) is 26.3 Å². The monoisotopic (exact) mass is 482 g/mol. The second-order valence-corrected chi connectivity index (χ2v) is 8.87. The summed E-state index contributed by atoms with van der Waals surface area (Å²) >= 11 is 0. The van der Waals surface area contributed by atoms with E-state index < -0.39 is 11.7 Å². The summed E-state index contributed by atoms with van der Waals surface area (Å²) in [6.07, 6.45) is 0. The molecule has 0 radical (unpaired) electrons. The fraction of sp³-hybridized carbons (Fsp3) is 0.143. The molecular formula is C28H23FN4O3. The number of benzene rings is 3. The Morgan fingerprint density at radius 1 is 0.889 bits per heavy atom. The lowest BCUT2D eigenvalue weighted by molar-refractivity contribution is 0.415. The summed E-state index contributed by atoms with van der Waals surface area (Å²) < 4.78 is 23.9. The number of hydrogen-bond donors (Lipinski definition) is 1. The van der Waals surface area contributed by atoms with Crippen LogP contribution in [0.3, 0.4) is 0 Å². The number of rotatable bonds is 3. The predicted molar refractivity (Wildman–Crippen MR) is 138 cm³/mol. The van der Waals surface area contributed by atoms with E-state index in [2.05, 4.69) is 5.32 Å². The highest BCUT2D eigenvalue weighted by atomic mass is 19.1. The molecule has 0 fully saturated rings. The minimum Gasteiger partial charge on any atom is -0.497 e. The van der Waals surface area contributed by atoms with Crippen LogP contribution in [0, 0.1) is 5.82 Å². The molecule has 0 unspecified atom stereocenters. The zero-order valence-electron chi connectivity index (χ0n) is 19.9. The topological polar surface area (TPSA) is 70.2 Å². The van der Waals surface area contributed by atoms with E-state index in [9.17, 15) is 14.0 Å². The number of aromatic nitrogens is 3. The number of para-hydroxylation sites is 2. The molecule has 1 atom stereocenters. The fourth-order valence-corrected chi connectivity index (χ4v) is 5.15. The Morgan fingerprint density at radius 3 is 2.28 bits per heavy atom. The third-order valence-corrected chi connectivity index (χ3v) is 6.89. The Kier molecular flexibility index (Phi) is 4.86. The van der Waals surface area contributed by atoms with E-state index in [1.165, 1.54) is 23.7 Å². The van der Waals surface area contributed by atoms with Gasteiger partial charge in [0.15, 0.2) is 0 Å². The van der Waals surface area contributed by atoms with Gasteiger partial charge < -0.3 is 14.6 Å². The maximum absolute atomic E-state index is 13.8. The number of anilines is 1. The average molecular weight is 483 g/mol. The average Bonchev–Trinajstić information content (AvgIpc) is 3.27. The molecule has 5 aromatic rings. The lowest BCUT2D eigenvalue weighted by atomic mass is 9.99. The van der Waals surface area contributed by atoms with Crippen molar-refractivity contribution in [3.63, 3.8) is 0 Å². The molecule has 1 aliphatic rings. The summed E-state index contributed by atoms with van der Waals surface area (Å²) in [4.78, 5) is 26.8. The first kappa shape index (κ1) is 21.9. The van der Waals surface area contributed by atoms with Gasteiger partial charge >= 0.3 is 5.69 Å². The van der Waals surface area contributed by atoms with E-state index in [1.807, 2.05) is 53.1 Å². The maximum Gasteiger partial charge on any atom is 0.331 e. The molecule has 8 heteroatoms. The highest BCUT2D eigenvalue weighted by Crippen LogP contribution is 2.45. The number of ether oxygens (including phenoxy) is 1. The molecule has 0 bridgehead atoms. The van der Waals surface area contributed by atoms with Crippen molar-refractivity contribution in [2.45, 2.75) is 6.04 Å². The number of nitrogens with one attached hydrogen (secondary N) is 1. The molecule has 1 N–H and O–H groups in total. The lowest BCUT2D eigenvalue weighted by Crippen LogP contribution is -2.37. The van der Waals surface area contributed by atoms with Crippen molar-refractivity contribution in [1.29, 1.82) is 0 Å². The van der Waals surface area contributed by atoms with Crippen LogP contribution in [0.5, 0.6) is 5.75 Å². The highest BCUT2D eigenvalue weighted by molar-refractivity contribution is 5.99. The normalized spacial score (nSPS) is 14.3. The van der Waals surface area contributed by atoms with Crippen LogP contribution in [0.4, 0.5) is 10.1 Å². The summed E-state index contributed by atoms with van der Waals surface area (Å²) in [7, 11) is 4.76. The number of fused-ring (bicyclic) bond motifs is 5. The van der Waals surface area contributed by atoms with Crippen molar-refractivity contribution < 1.29 is 9.13 Å². The van der Waals surface area contributed by atoms with Gasteiger partial charge in [0.05, 0.1) is 46.8 Å². The van der Waals surface area contributed by atoms with Crippen molar-refractivity contribution >= 4 is 16.6 Å². The van der Waals surface area contributed by atoms with Crippen LogP contribution in [0.2, 0.25) is 0 Å². The standard InChI is InChI=1S/C28H23FN4O3/c1-31-25-22(27(34)32(2)28(31)35)24(17-10-14-19(36-3)15-11-17)33-21-7-5-4-6-20(21)30-23(26(25)33)16-8-12-18(29)13-9-16/h4-15,23,30H,1-3H3/t23-/m0/s1. The van der Waals surface area contributed by atoms with E-state index in [0.717, 1.165) is 32.8 Å². The van der Waals surface area contributed by atoms with E-state index >= 15 is 0 Å². The van der Waals surface area contributed by atoms with Crippen LogP contribution in [0.1, 0.15) is 17.3 Å². The first-order valence-corrected chi connectivity index (χ1v) is 11.5. The number of halogens is 1. The van der Waals surface area contributed by atoms with Crippen LogP contribution in [0.25, 0.3) is 27.8 Å². The zero-order valence-corrected chi connectivity index (χ0v) is 19.9. The Hall–Kier alpha value is -4.59. The van der Waals surface area contributed by atoms with E-state index in [0.29, 0.717) is 22.3 Å². The highest BCUT2D eigenvalue weighted by Gasteiger charge is 2.34. The molecule has 0 aliphatic carbocycles. The molecule has 0 saturated heterocycles. The van der Waals surface area contributed by atoms with Gasteiger partial charge in [0.25, 0.3) is 5.56 Å². The molecule has 7 nitrogen and oxygen atoms in total. The van der Waals surface area contributed by atoms with Crippen LogP contribution < -0.4 is 21.3 Å². The van der Waals surface area contributed by atoms with Gasteiger partial charge in [-0.05, 0) is 59.7 Å². The predicted octanol–water partition coefficient (Wildman–Crippen LogP) is 4.36. The van der Waals surface area contributed by atoms with Gasteiger partial charge in [-0.3, -0.25) is 13.9 Å². The zero-order chi connectivity index (χ0) is 25.1. The molecule has 6 rings (SSSR count). The first-order chi connectivity index (χ1) is 17.4. The smallest absolute Gasteiger partial charge is 0.331 e. The Labute approximate surface area is 205 Å². The molecule has 1 aliphatic heterocycles. The summed E-state index contributed by atoms with van der Waals surface area (Å²) in [6.45, 7) is 0. The number of hydrogen-bond acceptors (Lipinski definition) is 4. The summed E-state index contributed by atoms with van der Waals surface area (Å²) in [6, 6.07) is 21.1. The van der Waals surface area contributed by atoms with Crippen molar-refractivity contribution in [1.82, 2.24) is 13.7 Å². The number of methoxy groups -OCH3 is 1. The van der Waals surface area contributed by atoms with Gasteiger partial charge in [0.1, 0.15) is 11.6 Å². The summed E-state index contributed by atoms with van der Waals surface area (Å²) in [5.74, 6) is 0.357. The van der Waals surface area contributed by atoms with E-state index in [-0.39, 0.29) is 11.4 Å². The van der Waals surface area contributed by atoms with Crippen molar-refractivity contribution in [2.75, 3.05) is 12.4 Å². The van der Waals surface area contributed by atoms with Crippen LogP contribution >= 0.6 is 0 Å². The molecule has 36 heavy (non-hydrogen) atoms. The minimum absolute atomic E-state index is 0.338. The second-order valence-electron chi connectivity index (χ2n) is 8.87. The summed E-state index contributed by atoms with van der Waals surface area (Å²) in [5, 5.41) is 3.99. The molecule has 3 heterocycles. The minimum atomic E-state index is -0.437. The third kappa shape index (κ3) is 3.04. The van der Waals surface area contributed by atoms with Gasteiger partial charge in [-0.1, -0.05) is 24.3 Å². The molecule has 0 spiro atoms. The molecule has 0 amide bonds. The largest absolute Gasteiger partial charge is 0.497 e. The van der Waals surface area contributed by atoms with Gasteiger partial charge in [0, 0.05) is 14.1 Å². The maximum atomic E-state index is 13.8.